The lowest BCUT2D eigenvalue weighted by Crippen LogP contribution is -2.53. The second kappa shape index (κ2) is 10.8. The molecule has 0 saturated carbocycles. The highest BCUT2D eigenvalue weighted by atomic mass is 16.7. The molecular formula is C27H24O7. The van der Waals surface area contributed by atoms with Gasteiger partial charge in [0.05, 0.1) is 22.8 Å². The minimum Gasteiger partial charge on any atom is -0.454 e. The summed E-state index contributed by atoms with van der Waals surface area (Å²) in [5.74, 6) is -1.87. The SMILES string of the molecule is CC1C[C@H](OC(=O)c2ccccc2)C(OC(=O)c2ccccc2)[C@H](OC(=O)c2ccccc2)O1. The highest BCUT2D eigenvalue weighted by Gasteiger charge is 2.45. The Kier molecular flexibility index (Phi) is 7.34. The fourth-order valence-electron chi connectivity index (χ4n) is 3.63. The third-order valence-corrected chi connectivity index (χ3v) is 5.32. The van der Waals surface area contributed by atoms with Crippen LogP contribution in [0.25, 0.3) is 0 Å². The average Bonchev–Trinajstić information content (AvgIpc) is 2.87. The van der Waals surface area contributed by atoms with Gasteiger partial charge in [-0.25, -0.2) is 14.4 Å². The normalized spacial score (nSPS) is 21.8. The van der Waals surface area contributed by atoms with Crippen molar-refractivity contribution in [3.05, 3.63) is 108 Å². The van der Waals surface area contributed by atoms with Crippen LogP contribution in [0.3, 0.4) is 0 Å². The van der Waals surface area contributed by atoms with Crippen LogP contribution in [0, 0.1) is 0 Å². The zero-order valence-corrected chi connectivity index (χ0v) is 18.5. The van der Waals surface area contributed by atoms with Crippen LogP contribution in [0.5, 0.6) is 0 Å². The molecule has 4 rings (SSSR count). The summed E-state index contributed by atoms with van der Waals surface area (Å²) in [5, 5.41) is 0. The third-order valence-electron chi connectivity index (χ3n) is 5.32. The van der Waals surface area contributed by atoms with Crippen molar-refractivity contribution in [3.8, 4) is 0 Å². The van der Waals surface area contributed by atoms with Gasteiger partial charge in [0, 0.05) is 6.42 Å². The lowest BCUT2D eigenvalue weighted by molar-refractivity contribution is -0.241. The van der Waals surface area contributed by atoms with Crippen molar-refractivity contribution in [1.82, 2.24) is 0 Å². The Hall–Kier alpha value is -3.97. The van der Waals surface area contributed by atoms with E-state index in [9.17, 15) is 14.4 Å². The zero-order valence-electron chi connectivity index (χ0n) is 18.5. The molecule has 0 amide bonds. The molecular weight excluding hydrogens is 436 g/mol. The van der Waals surface area contributed by atoms with Crippen LogP contribution in [0.2, 0.25) is 0 Å². The molecule has 2 unspecified atom stereocenters. The molecule has 3 aromatic rings. The van der Waals surface area contributed by atoms with Crippen molar-refractivity contribution in [2.75, 3.05) is 0 Å². The molecule has 1 aliphatic heterocycles. The van der Waals surface area contributed by atoms with Gasteiger partial charge in [-0.3, -0.25) is 0 Å². The van der Waals surface area contributed by atoms with E-state index in [2.05, 4.69) is 0 Å². The van der Waals surface area contributed by atoms with E-state index in [1.807, 2.05) is 0 Å². The number of hydrogen-bond donors (Lipinski definition) is 0. The van der Waals surface area contributed by atoms with Crippen molar-refractivity contribution in [3.63, 3.8) is 0 Å². The number of rotatable bonds is 6. The van der Waals surface area contributed by atoms with E-state index in [0.29, 0.717) is 16.7 Å². The first kappa shape index (κ1) is 23.2. The quantitative estimate of drug-likeness (QED) is 0.397. The van der Waals surface area contributed by atoms with Gasteiger partial charge in [0.1, 0.15) is 6.10 Å². The Morgan fingerprint density at radius 3 is 1.53 bits per heavy atom. The van der Waals surface area contributed by atoms with E-state index in [-0.39, 0.29) is 6.42 Å². The highest BCUT2D eigenvalue weighted by Crippen LogP contribution is 2.28. The van der Waals surface area contributed by atoms with Crippen LogP contribution in [-0.2, 0) is 18.9 Å². The summed E-state index contributed by atoms with van der Waals surface area (Å²) in [5.41, 5.74) is 0.977. The molecule has 0 aliphatic carbocycles. The van der Waals surface area contributed by atoms with Gasteiger partial charge in [0.15, 0.2) is 0 Å². The monoisotopic (exact) mass is 460 g/mol. The Balaban J connectivity index is 1.58. The van der Waals surface area contributed by atoms with Crippen LogP contribution in [0.15, 0.2) is 91.0 Å². The van der Waals surface area contributed by atoms with E-state index < -0.39 is 42.5 Å². The summed E-state index contributed by atoms with van der Waals surface area (Å²) in [7, 11) is 0. The molecule has 4 atom stereocenters. The predicted octanol–water partition coefficient (Wildman–Crippen LogP) is 4.43. The first-order valence-electron chi connectivity index (χ1n) is 10.9. The summed E-state index contributed by atoms with van der Waals surface area (Å²) in [4.78, 5) is 38.3. The second-order valence-electron chi connectivity index (χ2n) is 7.87. The van der Waals surface area contributed by atoms with Crippen molar-refractivity contribution in [2.45, 2.75) is 37.9 Å². The van der Waals surface area contributed by atoms with E-state index in [0.717, 1.165) is 0 Å². The largest absolute Gasteiger partial charge is 0.454 e. The van der Waals surface area contributed by atoms with Gasteiger partial charge in [-0.15, -0.1) is 0 Å². The Morgan fingerprint density at radius 1 is 0.647 bits per heavy atom. The molecule has 1 heterocycles. The fourth-order valence-corrected chi connectivity index (χ4v) is 3.63. The van der Waals surface area contributed by atoms with Crippen molar-refractivity contribution in [2.24, 2.45) is 0 Å². The lowest BCUT2D eigenvalue weighted by Gasteiger charge is -2.38. The molecule has 1 saturated heterocycles. The summed E-state index contributed by atoms with van der Waals surface area (Å²) in [6, 6.07) is 25.3. The first-order chi connectivity index (χ1) is 16.5. The third kappa shape index (κ3) is 5.68. The van der Waals surface area contributed by atoms with Gasteiger partial charge in [0.2, 0.25) is 12.4 Å². The zero-order chi connectivity index (χ0) is 23.9. The van der Waals surface area contributed by atoms with Crippen LogP contribution in [0.4, 0.5) is 0 Å². The van der Waals surface area contributed by atoms with Crippen molar-refractivity contribution >= 4 is 17.9 Å². The Morgan fingerprint density at radius 2 is 1.06 bits per heavy atom. The summed E-state index contributed by atoms with van der Waals surface area (Å²) >= 11 is 0. The number of hydrogen-bond acceptors (Lipinski definition) is 7. The fraction of sp³-hybridized carbons (Fsp3) is 0.222. The average molecular weight is 460 g/mol. The molecule has 0 radical (unpaired) electrons. The van der Waals surface area contributed by atoms with E-state index in [1.165, 1.54) is 0 Å². The van der Waals surface area contributed by atoms with Gasteiger partial charge >= 0.3 is 17.9 Å². The minimum absolute atomic E-state index is 0.255. The highest BCUT2D eigenvalue weighted by molar-refractivity contribution is 5.91. The summed E-state index contributed by atoms with van der Waals surface area (Å²) in [6.07, 6.45) is -3.49. The van der Waals surface area contributed by atoms with Crippen LogP contribution >= 0.6 is 0 Å². The summed E-state index contributed by atoms with van der Waals surface area (Å²) < 4.78 is 22.9. The van der Waals surface area contributed by atoms with Crippen LogP contribution < -0.4 is 0 Å². The van der Waals surface area contributed by atoms with Gasteiger partial charge in [-0.1, -0.05) is 54.6 Å². The molecule has 1 fully saturated rings. The van der Waals surface area contributed by atoms with Gasteiger partial charge < -0.3 is 18.9 Å². The molecule has 174 valence electrons. The maximum absolute atomic E-state index is 12.8. The number of esters is 3. The Bertz CT molecular complexity index is 1050. The standard InChI is InChI=1S/C27H24O7/c1-18-17-22(32-24(28)19-11-5-2-6-12-19)23(33-25(29)20-13-7-3-8-14-20)27(31-18)34-26(30)21-15-9-4-10-16-21/h2-16,18,22-23,27H,17H2,1H3/t18?,22-,23?,27-/m0/s1. The molecule has 0 bridgehead atoms. The molecule has 7 nitrogen and oxygen atoms in total. The smallest absolute Gasteiger partial charge is 0.340 e. The molecule has 3 aromatic carbocycles. The molecule has 0 spiro atoms. The molecule has 0 aromatic heterocycles. The Labute approximate surface area is 197 Å². The van der Waals surface area contributed by atoms with Crippen LogP contribution in [0.1, 0.15) is 44.4 Å². The van der Waals surface area contributed by atoms with Gasteiger partial charge in [-0.05, 0) is 43.3 Å². The maximum Gasteiger partial charge on any atom is 0.340 e. The van der Waals surface area contributed by atoms with Gasteiger partial charge in [-0.2, -0.15) is 0 Å². The van der Waals surface area contributed by atoms with Gasteiger partial charge in [0.25, 0.3) is 0 Å². The molecule has 7 heteroatoms. The number of ether oxygens (including phenoxy) is 4. The number of benzene rings is 3. The van der Waals surface area contributed by atoms with Crippen molar-refractivity contribution in [1.29, 1.82) is 0 Å². The lowest BCUT2D eigenvalue weighted by atomic mass is 10.0. The van der Waals surface area contributed by atoms with Crippen molar-refractivity contribution < 1.29 is 33.3 Å². The predicted molar refractivity (Wildman–Crippen MR) is 122 cm³/mol. The topological polar surface area (TPSA) is 88.1 Å². The number of carbonyl (C=O) groups is 3. The first-order valence-corrected chi connectivity index (χ1v) is 10.9. The second-order valence-corrected chi connectivity index (χ2v) is 7.87. The van der Waals surface area contributed by atoms with E-state index in [1.54, 1.807) is 97.9 Å². The van der Waals surface area contributed by atoms with E-state index >= 15 is 0 Å². The molecule has 1 aliphatic rings. The minimum atomic E-state index is -1.27. The van der Waals surface area contributed by atoms with Crippen LogP contribution in [-0.4, -0.2) is 42.5 Å². The number of carbonyl (C=O) groups excluding carboxylic acids is 3. The maximum atomic E-state index is 12.8. The molecule has 0 N–H and O–H groups in total. The molecule has 34 heavy (non-hydrogen) atoms. The van der Waals surface area contributed by atoms with E-state index in [4.69, 9.17) is 18.9 Å². The summed E-state index contributed by atoms with van der Waals surface area (Å²) in [6.45, 7) is 1.77.